The van der Waals surface area contributed by atoms with Gasteiger partial charge in [0.05, 0.1) is 0 Å². The molecule has 4 heteroatoms. The van der Waals surface area contributed by atoms with Crippen LogP contribution in [0.25, 0.3) is 10.4 Å². The summed E-state index contributed by atoms with van der Waals surface area (Å²) in [5, 5.41) is 29.8. The Hall–Kier alpha value is -1.68. The molecule has 0 aliphatic heterocycles. The Morgan fingerprint density at radius 2 is 1.71 bits per heavy atom. The van der Waals surface area contributed by atoms with Crippen LogP contribution in [0.5, 0.6) is 17.2 Å². The number of benzene rings is 1. The second-order valence-corrected chi connectivity index (χ2v) is 3.75. The molecular formula is C10H8O3S. The second kappa shape index (κ2) is 3.23. The predicted octanol–water partition coefficient (Wildman–Crippen LogP) is 2.53. The monoisotopic (exact) mass is 208 g/mol. The van der Waals surface area contributed by atoms with Crippen LogP contribution < -0.4 is 0 Å². The van der Waals surface area contributed by atoms with E-state index in [1.807, 2.05) is 17.5 Å². The van der Waals surface area contributed by atoms with E-state index in [2.05, 4.69) is 0 Å². The molecule has 0 radical (unpaired) electrons. The first-order valence-electron chi connectivity index (χ1n) is 3.98. The van der Waals surface area contributed by atoms with Crippen LogP contribution in [0.2, 0.25) is 0 Å². The zero-order valence-corrected chi connectivity index (χ0v) is 7.95. The highest BCUT2D eigenvalue weighted by Crippen LogP contribution is 2.43. The highest BCUT2D eigenvalue weighted by Gasteiger charge is 2.12. The highest BCUT2D eigenvalue weighted by atomic mass is 32.1. The summed E-state index contributed by atoms with van der Waals surface area (Å²) in [6.07, 6.45) is 0. The Morgan fingerprint density at radius 3 is 2.36 bits per heavy atom. The number of rotatable bonds is 1. The minimum absolute atomic E-state index is 0.285. The molecule has 72 valence electrons. The van der Waals surface area contributed by atoms with E-state index in [-0.39, 0.29) is 11.5 Å². The maximum absolute atomic E-state index is 9.55. The summed E-state index contributed by atoms with van der Waals surface area (Å²) in [4.78, 5) is 0.845. The smallest absolute Gasteiger partial charge is 0.200 e. The molecule has 0 aliphatic rings. The van der Waals surface area contributed by atoms with Crippen LogP contribution in [0.4, 0.5) is 0 Å². The van der Waals surface area contributed by atoms with Gasteiger partial charge in [-0.3, -0.25) is 0 Å². The summed E-state index contributed by atoms with van der Waals surface area (Å²) >= 11 is 1.45. The maximum Gasteiger partial charge on any atom is 0.200 e. The number of phenols is 3. The van der Waals surface area contributed by atoms with Crippen molar-refractivity contribution in [2.45, 2.75) is 0 Å². The molecule has 1 heterocycles. The molecule has 0 spiro atoms. The number of hydrogen-bond acceptors (Lipinski definition) is 4. The zero-order valence-electron chi connectivity index (χ0n) is 7.14. The van der Waals surface area contributed by atoms with Gasteiger partial charge in [0.25, 0.3) is 0 Å². The van der Waals surface area contributed by atoms with E-state index in [4.69, 9.17) is 5.11 Å². The number of aromatic hydroxyl groups is 3. The third kappa shape index (κ3) is 1.29. The summed E-state index contributed by atoms with van der Waals surface area (Å²) in [5.74, 6) is -1.08. The molecule has 0 saturated heterocycles. The first-order chi connectivity index (χ1) is 6.70. The Bertz CT molecular complexity index is 449. The summed E-state index contributed by atoms with van der Waals surface area (Å²) < 4.78 is 0. The van der Waals surface area contributed by atoms with Crippen molar-refractivity contribution >= 4 is 11.3 Å². The molecule has 14 heavy (non-hydrogen) atoms. The predicted molar refractivity (Wildman–Crippen MR) is 54.7 cm³/mol. The molecule has 0 amide bonds. The third-order valence-corrected chi connectivity index (χ3v) is 2.82. The average Bonchev–Trinajstić information content (AvgIpc) is 2.67. The molecule has 1 aromatic heterocycles. The Morgan fingerprint density at radius 1 is 0.929 bits per heavy atom. The standard InChI is InChI=1S/C10H8O3S/c11-7-4-3-6(9(12)10(7)13)8-2-1-5-14-8/h1-5,11-13H. The molecule has 0 aliphatic carbocycles. The van der Waals surface area contributed by atoms with Gasteiger partial charge in [0.2, 0.25) is 5.75 Å². The van der Waals surface area contributed by atoms with Gasteiger partial charge in [-0.1, -0.05) is 6.07 Å². The molecule has 2 aromatic rings. The molecule has 0 fully saturated rings. The average molecular weight is 208 g/mol. The molecule has 1 aromatic carbocycles. The number of thiophene rings is 1. The summed E-state index contributed by atoms with van der Waals surface area (Å²) in [6, 6.07) is 6.60. The first-order valence-corrected chi connectivity index (χ1v) is 4.86. The maximum atomic E-state index is 9.55. The van der Waals surface area contributed by atoms with E-state index in [9.17, 15) is 10.2 Å². The van der Waals surface area contributed by atoms with E-state index < -0.39 is 5.75 Å². The first kappa shape index (κ1) is 8.90. The fourth-order valence-electron chi connectivity index (χ4n) is 1.20. The van der Waals surface area contributed by atoms with Crippen molar-refractivity contribution < 1.29 is 15.3 Å². The van der Waals surface area contributed by atoms with Crippen molar-refractivity contribution in [2.24, 2.45) is 0 Å². The van der Waals surface area contributed by atoms with Gasteiger partial charge in [0.1, 0.15) is 0 Å². The fourth-order valence-corrected chi connectivity index (χ4v) is 1.95. The van der Waals surface area contributed by atoms with Crippen LogP contribution in [0, 0.1) is 0 Å². The summed E-state index contributed by atoms with van der Waals surface area (Å²) in [5.41, 5.74) is 0.523. The van der Waals surface area contributed by atoms with Gasteiger partial charge in [-0.25, -0.2) is 0 Å². The van der Waals surface area contributed by atoms with Gasteiger partial charge in [-0.2, -0.15) is 0 Å². The van der Waals surface area contributed by atoms with Crippen molar-refractivity contribution in [1.29, 1.82) is 0 Å². The third-order valence-electron chi connectivity index (χ3n) is 1.92. The highest BCUT2D eigenvalue weighted by molar-refractivity contribution is 7.13. The van der Waals surface area contributed by atoms with Crippen molar-refractivity contribution in [3.8, 4) is 27.7 Å². The molecule has 3 N–H and O–H groups in total. The summed E-state index contributed by atoms with van der Waals surface area (Å²) in [7, 11) is 0. The minimum atomic E-state index is -0.476. The van der Waals surface area contributed by atoms with Crippen LogP contribution in [-0.2, 0) is 0 Å². The van der Waals surface area contributed by atoms with Crippen LogP contribution in [0.1, 0.15) is 0 Å². The van der Waals surface area contributed by atoms with E-state index in [0.29, 0.717) is 5.56 Å². The van der Waals surface area contributed by atoms with E-state index in [1.54, 1.807) is 6.07 Å². The Balaban J connectivity index is 2.61. The lowest BCUT2D eigenvalue weighted by Gasteiger charge is -2.05. The zero-order chi connectivity index (χ0) is 10.1. The lowest BCUT2D eigenvalue weighted by molar-refractivity contribution is 0.369. The van der Waals surface area contributed by atoms with Crippen LogP contribution in [0.3, 0.4) is 0 Å². The number of phenolic OH excluding ortho intramolecular Hbond substituents is 3. The molecule has 0 bridgehead atoms. The minimum Gasteiger partial charge on any atom is -0.504 e. The van der Waals surface area contributed by atoms with Crippen molar-refractivity contribution in [3.63, 3.8) is 0 Å². The van der Waals surface area contributed by atoms with Crippen molar-refractivity contribution in [1.82, 2.24) is 0 Å². The Kier molecular flexibility index (Phi) is 2.05. The van der Waals surface area contributed by atoms with Gasteiger partial charge in [0, 0.05) is 10.4 Å². The molecule has 3 nitrogen and oxygen atoms in total. The lowest BCUT2D eigenvalue weighted by Crippen LogP contribution is -1.76. The topological polar surface area (TPSA) is 60.7 Å². The molecular weight excluding hydrogens is 200 g/mol. The van der Waals surface area contributed by atoms with Gasteiger partial charge in [-0.15, -0.1) is 11.3 Å². The Labute approximate surface area is 84.5 Å². The summed E-state index contributed by atoms with van der Waals surface area (Å²) in [6.45, 7) is 0. The quantitative estimate of drug-likeness (QED) is 0.631. The van der Waals surface area contributed by atoms with Gasteiger partial charge in [-0.05, 0) is 23.6 Å². The van der Waals surface area contributed by atoms with Crippen LogP contribution in [0.15, 0.2) is 29.6 Å². The normalized spacial score (nSPS) is 10.3. The SMILES string of the molecule is Oc1ccc(-c2cccs2)c(O)c1O. The van der Waals surface area contributed by atoms with Gasteiger partial charge in [0.15, 0.2) is 11.5 Å². The fraction of sp³-hybridized carbons (Fsp3) is 0. The van der Waals surface area contributed by atoms with E-state index >= 15 is 0 Å². The van der Waals surface area contributed by atoms with Crippen LogP contribution in [-0.4, -0.2) is 15.3 Å². The van der Waals surface area contributed by atoms with E-state index in [1.165, 1.54) is 17.4 Å². The largest absolute Gasteiger partial charge is 0.504 e. The van der Waals surface area contributed by atoms with E-state index in [0.717, 1.165) is 4.88 Å². The van der Waals surface area contributed by atoms with Gasteiger partial charge >= 0.3 is 0 Å². The molecule has 0 unspecified atom stereocenters. The van der Waals surface area contributed by atoms with Crippen molar-refractivity contribution in [3.05, 3.63) is 29.6 Å². The van der Waals surface area contributed by atoms with Crippen LogP contribution >= 0.6 is 11.3 Å². The van der Waals surface area contributed by atoms with Gasteiger partial charge < -0.3 is 15.3 Å². The molecule has 0 saturated carbocycles. The number of hydrogen-bond donors (Lipinski definition) is 3. The lowest BCUT2D eigenvalue weighted by atomic mass is 10.1. The second-order valence-electron chi connectivity index (χ2n) is 2.81. The molecule has 2 rings (SSSR count). The molecule has 0 atom stereocenters. The van der Waals surface area contributed by atoms with Crippen molar-refractivity contribution in [2.75, 3.05) is 0 Å².